The number of ketones is 1. The van der Waals surface area contributed by atoms with E-state index >= 15 is 0 Å². The zero-order valence-corrected chi connectivity index (χ0v) is 7.19. The largest absolute Gasteiger partial charge is 0.294 e. The van der Waals surface area contributed by atoms with Crippen LogP contribution in [0, 0.1) is 11.8 Å². The van der Waals surface area contributed by atoms with Gasteiger partial charge in [-0.05, 0) is 18.9 Å². The van der Waals surface area contributed by atoms with E-state index in [4.69, 9.17) is 0 Å². The van der Waals surface area contributed by atoms with Crippen molar-refractivity contribution in [2.45, 2.75) is 27.7 Å². The van der Waals surface area contributed by atoms with Crippen LogP contribution in [0.5, 0.6) is 0 Å². The van der Waals surface area contributed by atoms with Gasteiger partial charge in [0.1, 0.15) is 0 Å². The zero-order chi connectivity index (χ0) is 8.36. The number of carbonyl (C=O) groups is 1. The van der Waals surface area contributed by atoms with Gasteiger partial charge in [0, 0.05) is 5.41 Å². The highest BCUT2D eigenvalue weighted by Gasteiger charge is 2.25. The van der Waals surface area contributed by atoms with Gasteiger partial charge in [0.25, 0.3) is 0 Å². The van der Waals surface area contributed by atoms with Crippen molar-refractivity contribution in [2.24, 2.45) is 5.41 Å². The van der Waals surface area contributed by atoms with E-state index in [2.05, 4.69) is 6.58 Å². The van der Waals surface area contributed by atoms with E-state index in [-0.39, 0.29) is 11.2 Å². The fraction of sp³-hybridized carbons (Fsp3) is 0.556. The maximum absolute atomic E-state index is 11.3. The summed E-state index contributed by atoms with van der Waals surface area (Å²) in [7, 11) is 0. The zero-order valence-electron chi connectivity index (χ0n) is 7.19. The summed E-state index contributed by atoms with van der Waals surface area (Å²) in [5.41, 5.74) is 0.286. The second-order valence-corrected chi connectivity index (χ2v) is 3.12. The predicted molar refractivity (Wildman–Crippen MR) is 43.6 cm³/mol. The molecular formula is C9H15O. The lowest BCUT2D eigenvalue weighted by molar-refractivity contribution is -0.121. The molecule has 0 atom stereocenters. The minimum Gasteiger partial charge on any atom is -0.294 e. The molecule has 57 valence electrons. The molecule has 0 spiro atoms. The van der Waals surface area contributed by atoms with Crippen LogP contribution < -0.4 is 0 Å². The van der Waals surface area contributed by atoms with Crippen molar-refractivity contribution in [1.29, 1.82) is 0 Å². The fourth-order valence-corrected chi connectivity index (χ4v) is 0.681. The molecule has 0 aliphatic carbocycles. The average molecular weight is 139 g/mol. The Labute approximate surface area is 63.1 Å². The molecule has 0 amide bonds. The van der Waals surface area contributed by atoms with E-state index < -0.39 is 0 Å². The van der Waals surface area contributed by atoms with E-state index in [9.17, 15) is 4.79 Å². The first-order valence-corrected chi connectivity index (χ1v) is 3.42. The van der Waals surface area contributed by atoms with Crippen LogP contribution in [0.15, 0.2) is 12.2 Å². The highest BCUT2D eigenvalue weighted by Crippen LogP contribution is 2.22. The quantitative estimate of drug-likeness (QED) is 0.549. The maximum Gasteiger partial charge on any atom is 0.163 e. The van der Waals surface area contributed by atoms with E-state index in [1.54, 1.807) is 6.92 Å². The Kier molecular flexibility index (Phi) is 2.82. The number of rotatable bonds is 3. The Morgan fingerprint density at radius 3 is 2.00 bits per heavy atom. The Balaban J connectivity index is 4.33. The van der Waals surface area contributed by atoms with Crippen LogP contribution in [0.2, 0.25) is 0 Å². The van der Waals surface area contributed by atoms with Crippen LogP contribution in [0.25, 0.3) is 0 Å². The first kappa shape index (κ1) is 9.41. The topological polar surface area (TPSA) is 17.1 Å². The lowest BCUT2D eigenvalue weighted by atomic mass is 9.83. The van der Waals surface area contributed by atoms with E-state index in [0.29, 0.717) is 5.57 Å². The van der Waals surface area contributed by atoms with Crippen LogP contribution in [-0.2, 0) is 4.79 Å². The predicted octanol–water partition coefficient (Wildman–Crippen LogP) is 2.38. The first-order valence-electron chi connectivity index (χ1n) is 3.42. The molecule has 10 heavy (non-hydrogen) atoms. The highest BCUT2D eigenvalue weighted by atomic mass is 16.1. The van der Waals surface area contributed by atoms with Crippen molar-refractivity contribution in [1.82, 2.24) is 0 Å². The Morgan fingerprint density at radius 2 is 1.90 bits per heavy atom. The maximum atomic E-state index is 11.3. The van der Waals surface area contributed by atoms with E-state index in [0.717, 1.165) is 0 Å². The van der Waals surface area contributed by atoms with Gasteiger partial charge in [-0.2, -0.15) is 0 Å². The van der Waals surface area contributed by atoms with Crippen molar-refractivity contribution in [3.05, 3.63) is 18.6 Å². The van der Waals surface area contributed by atoms with Crippen molar-refractivity contribution in [2.75, 3.05) is 0 Å². The van der Waals surface area contributed by atoms with Crippen LogP contribution in [0.1, 0.15) is 27.7 Å². The van der Waals surface area contributed by atoms with Crippen LogP contribution >= 0.6 is 0 Å². The number of allylic oxidation sites excluding steroid dienone is 1. The molecule has 0 fully saturated rings. The van der Waals surface area contributed by atoms with Crippen molar-refractivity contribution in [3.8, 4) is 0 Å². The molecule has 0 unspecified atom stereocenters. The summed E-state index contributed by atoms with van der Waals surface area (Å²) in [5.74, 6) is 0.120. The van der Waals surface area contributed by atoms with E-state index in [1.807, 2.05) is 27.2 Å². The molecule has 0 aliphatic heterocycles. The normalized spacial score (nSPS) is 11.2. The average Bonchev–Trinajstić information content (AvgIpc) is 1.86. The summed E-state index contributed by atoms with van der Waals surface area (Å²) < 4.78 is 0. The minimum atomic E-state index is -0.341. The molecule has 0 saturated heterocycles. The number of Topliss-reactive ketones (excluding diaryl/α,β-unsaturated/α-hetero) is 1. The van der Waals surface area contributed by atoms with Gasteiger partial charge in [0.2, 0.25) is 0 Å². The molecule has 0 rings (SSSR count). The molecule has 0 aliphatic rings. The van der Waals surface area contributed by atoms with Gasteiger partial charge < -0.3 is 0 Å². The van der Waals surface area contributed by atoms with Crippen LogP contribution in [0.3, 0.4) is 0 Å². The standard InChI is InChI=1S/C9H15O/c1-6-9(4,5)8(10)7(2)3/h6H,2H2,1,3-5H3. The monoisotopic (exact) mass is 139 g/mol. The van der Waals surface area contributed by atoms with Gasteiger partial charge >= 0.3 is 0 Å². The second kappa shape index (κ2) is 3.00. The fourth-order valence-electron chi connectivity index (χ4n) is 0.681. The van der Waals surface area contributed by atoms with Gasteiger partial charge in [0.05, 0.1) is 0 Å². The van der Waals surface area contributed by atoms with Crippen LogP contribution in [-0.4, -0.2) is 5.78 Å². The molecular weight excluding hydrogens is 124 g/mol. The molecule has 0 N–H and O–H groups in total. The van der Waals surface area contributed by atoms with Crippen LogP contribution in [0.4, 0.5) is 0 Å². The first-order chi connectivity index (χ1) is 4.41. The van der Waals surface area contributed by atoms with Gasteiger partial charge in [-0.3, -0.25) is 4.79 Å². The summed E-state index contributed by atoms with van der Waals surface area (Å²) in [6.45, 7) is 11.0. The molecule has 0 saturated carbocycles. The van der Waals surface area contributed by atoms with Gasteiger partial charge in [-0.25, -0.2) is 0 Å². The molecule has 0 bridgehead atoms. The lowest BCUT2D eigenvalue weighted by Gasteiger charge is -2.19. The minimum absolute atomic E-state index is 0.120. The third-order valence-electron chi connectivity index (χ3n) is 1.69. The van der Waals surface area contributed by atoms with Gasteiger partial charge in [-0.15, -0.1) is 0 Å². The van der Waals surface area contributed by atoms with Crippen molar-refractivity contribution >= 4 is 5.78 Å². The molecule has 1 radical (unpaired) electrons. The molecule has 0 aromatic heterocycles. The Bertz CT molecular complexity index is 154. The summed E-state index contributed by atoms with van der Waals surface area (Å²) in [5, 5.41) is 0. The Hall–Kier alpha value is -0.590. The van der Waals surface area contributed by atoms with Gasteiger partial charge in [-0.1, -0.05) is 27.4 Å². The Morgan fingerprint density at radius 1 is 1.50 bits per heavy atom. The molecule has 0 aromatic rings. The molecule has 1 nitrogen and oxygen atoms in total. The summed E-state index contributed by atoms with van der Waals surface area (Å²) in [6, 6.07) is 0. The molecule has 0 aromatic carbocycles. The van der Waals surface area contributed by atoms with Gasteiger partial charge in [0.15, 0.2) is 5.78 Å². The molecule has 1 heteroatoms. The highest BCUT2D eigenvalue weighted by molar-refractivity contribution is 5.99. The van der Waals surface area contributed by atoms with Crippen molar-refractivity contribution < 1.29 is 4.79 Å². The SMILES string of the molecule is C=C(C)C(=O)C(C)(C)[CH]C. The number of hydrogen-bond acceptors (Lipinski definition) is 1. The second-order valence-electron chi connectivity index (χ2n) is 3.12. The smallest absolute Gasteiger partial charge is 0.163 e. The number of carbonyl (C=O) groups excluding carboxylic acids is 1. The van der Waals surface area contributed by atoms with Crippen molar-refractivity contribution in [3.63, 3.8) is 0 Å². The summed E-state index contributed by atoms with van der Waals surface area (Å²) in [4.78, 5) is 11.3. The summed E-state index contributed by atoms with van der Waals surface area (Å²) in [6.07, 6.45) is 1.89. The molecule has 0 heterocycles. The third-order valence-corrected chi connectivity index (χ3v) is 1.69. The third kappa shape index (κ3) is 1.98. The van der Waals surface area contributed by atoms with E-state index in [1.165, 1.54) is 0 Å². The number of hydrogen-bond donors (Lipinski definition) is 0. The lowest BCUT2D eigenvalue weighted by Crippen LogP contribution is -2.23. The summed E-state index contributed by atoms with van der Waals surface area (Å²) >= 11 is 0.